The lowest BCUT2D eigenvalue weighted by atomic mass is 9.80. The number of aromatic nitrogens is 2. The third kappa shape index (κ3) is 6.72. The second-order valence-electron chi connectivity index (χ2n) is 11.6. The second kappa shape index (κ2) is 14.2. The molecule has 0 unspecified atom stereocenters. The normalized spacial score (nSPS) is 17.5. The van der Waals surface area contributed by atoms with E-state index in [1.54, 1.807) is 26.4 Å². The number of aliphatic hydroxyl groups is 1. The van der Waals surface area contributed by atoms with Gasteiger partial charge in [0.05, 0.1) is 26.9 Å². The highest BCUT2D eigenvalue weighted by molar-refractivity contribution is 6.03. The number of rotatable bonds is 11. The van der Waals surface area contributed by atoms with Gasteiger partial charge in [-0.15, -0.1) is 0 Å². The number of benzene rings is 4. The van der Waals surface area contributed by atoms with E-state index < -0.39 is 29.7 Å². The van der Waals surface area contributed by atoms with Crippen molar-refractivity contribution in [1.82, 2.24) is 9.55 Å². The molecule has 1 aliphatic heterocycles. The molecule has 2 heterocycles. The number of hydrogen-bond acceptors (Lipinski definition) is 8. The number of aliphatic hydroxyl groups excluding tert-OH is 1. The number of aryl methyl sites for hydroxylation is 1. The summed E-state index contributed by atoms with van der Waals surface area (Å²) < 4.78 is 25.3. The van der Waals surface area contributed by atoms with Crippen LogP contribution < -0.4 is 20.5 Å². The minimum atomic E-state index is -1.10. The van der Waals surface area contributed by atoms with Gasteiger partial charge in [0, 0.05) is 18.2 Å². The molecule has 1 aliphatic rings. The lowest BCUT2D eigenvalue weighted by Crippen LogP contribution is -2.38. The van der Waals surface area contributed by atoms with E-state index >= 15 is 0 Å². The van der Waals surface area contributed by atoms with Gasteiger partial charge in [0.25, 0.3) is 5.91 Å². The number of nitrogens with zero attached hydrogens (tertiary/aromatic N) is 2. The molecular weight excluding hydrogens is 610 g/mol. The number of anilines is 1. The quantitative estimate of drug-likeness (QED) is 0.181. The van der Waals surface area contributed by atoms with Crippen LogP contribution in [0.3, 0.4) is 0 Å². The Bertz CT molecular complexity index is 1850. The van der Waals surface area contributed by atoms with Gasteiger partial charge in [-0.25, -0.2) is 4.79 Å². The average molecular weight is 648 g/mol. The van der Waals surface area contributed by atoms with Gasteiger partial charge >= 0.3 is 5.69 Å². The number of hydrogen-bond donors (Lipinski definition) is 2. The van der Waals surface area contributed by atoms with E-state index in [1.165, 1.54) is 16.8 Å². The highest BCUT2D eigenvalue weighted by Crippen LogP contribution is 2.42. The zero-order valence-corrected chi connectivity index (χ0v) is 26.9. The van der Waals surface area contributed by atoms with Gasteiger partial charge in [0.2, 0.25) is 0 Å². The fraction of sp³-hybridized carbons (Fsp3) is 0.237. The van der Waals surface area contributed by atoms with Crippen LogP contribution in [0, 0.1) is 6.92 Å². The fourth-order valence-corrected chi connectivity index (χ4v) is 5.91. The number of carbonyl (C=O) groups is 1. The van der Waals surface area contributed by atoms with Crippen LogP contribution in [0.2, 0.25) is 0 Å². The van der Waals surface area contributed by atoms with Crippen LogP contribution >= 0.6 is 0 Å². The monoisotopic (exact) mass is 647 g/mol. The number of methoxy groups -OCH3 is 2. The van der Waals surface area contributed by atoms with Crippen molar-refractivity contribution in [2.75, 3.05) is 26.1 Å². The van der Waals surface area contributed by atoms with E-state index in [0.29, 0.717) is 17.1 Å². The molecule has 1 fully saturated rings. The molecule has 3 atom stereocenters. The molecule has 48 heavy (non-hydrogen) atoms. The maximum absolute atomic E-state index is 13.1. The van der Waals surface area contributed by atoms with E-state index in [1.807, 2.05) is 97.9 Å². The van der Waals surface area contributed by atoms with Gasteiger partial charge in [0.1, 0.15) is 35.2 Å². The highest BCUT2D eigenvalue weighted by Gasteiger charge is 2.42. The summed E-state index contributed by atoms with van der Waals surface area (Å²) in [5, 5.41) is 13.8. The van der Waals surface area contributed by atoms with Crippen molar-refractivity contribution in [3.63, 3.8) is 0 Å². The third-order valence-electron chi connectivity index (χ3n) is 8.54. The molecule has 0 radical (unpaired) electrons. The summed E-state index contributed by atoms with van der Waals surface area (Å²) in [5.41, 5.74) is 2.31. The molecule has 1 amide bonds. The van der Waals surface area contributed by atoms with Crippen molar-refractivity contribution in [3.8, 4) is 11.5 Å². The van der Waals surface area contributed by atoms with Crippen LogP contribution in [0.15, 0.2) is 120 Å². The Hall–Kier alpha value is -5.29. The van der Waals surface area contributed by atoms with Gasteiger partial charge in [-0.05, 0) is 66.1 Å². The number of amides is 1. The summed E-state index contributed by atoms with van der Waals surface area (Å²) >= 11 is 0. The van der Waals surface area contributed by atoms with Crippen molar-refractivity contribution in [3.05, 3.63) is 154 Å². The summed E-state index contributed by atoms with van der Waals surface area (Å²) in [6.45, 7) is 1.93. The van der Waals surface area contributed by atoms with Crippen LogP contribution in [0.25, 0.3) is 0 Å². The molecule has 10 nitrogen and oxygen atoms in total. The maximum Gasteiger partial charge on any atom is 0.351 e. The van der Waals surface area contributed by atoms with Crippen molar-refractivity contribution in [2.45, 2.75) is 37.4 Å². The summed E-state index contributed by atoms with van der Waals surface area (Å²) in [7, 11) is 3.23. The average Bonchev–Trinajstić information content (AvgIpc) is 3.49. The first-order valence-corrected chi connectivity index (χ1v) is 15.6. The Morgan fingerprint density at radius 2 is 1.46 bits per heavy atom. The van der Waals surface area contributed by atoms with E-state index in [4.69, 9.17) is 18.9 Å². The molecule has 0 bridgehead atoms. The third-order valence-corrected chi connectivity index (χ3v) is 8.54. The maximum atomic E-state index is 13.1. The SMILES string of the molecule is COc1ccc(C(OC[C@H]2O[C@@H](n3ccc(NC(=O)c4ccc(C)cc4)nc3=O)C[C@@H]2O)(c2ccccc2)c2ccc(OC)cc2)cc1. The predicted molar refractivity (Wildman–Crippen MR) is 180 cm³/mol. The van der Waals surface area contributed by atoms with Crippen LogP contribution in [0.4, 0.5) is 5.82 Å². The number of nitrogens with one attached hydrogen (secondary N) is 1. The molecule has 5 aromatic rings. The van der Waals surface area contributed by atoms with Crippen LogP contribution in [-0.2, 0) is 15.1 Å². The van der Waals surface area contributed by atoms with Crippen LogP contribution in [-0.4, -0.2) is 53.6 Å². The van der Waals surface area contributed by atoms with Crippen molar-refractivity contribution in [2.24, 2.45) is 0 Å². The fourth-order valence-electron chi connectivity index (χ4n) is 5.91. The Balaban J connectivity index is 1.25. The molecule has 2 N–H and O–H groups in total. The lowest BCUT2D eigenvalue weighted by Gasteiger charge is -2.37. The highest BCUT2D eigenvalue weighted by atomic mass is 16.6. The lowest BCUT2D eigenvalue weighted by molar-refractivity contribution is -0.0944. The largest absolute Gasteiger partial charge is 0.497 e. The molecule has 0 saturated carbocycles. The number of ether oxygens (including phenoxy) is 4. The zero-order chi connectivity index (χ0) is 33.7. The molecule has 6 rings (SSSR count). The van der Waals surface area contributed by atoms with Crippen molar-refractivity contribution >= 4 is 11.7 Å². The minimum Gasteiger partial charge on any atom is -0.497 e. The summed E-state index contributed by atoms with van der Waals surface area (Å²) in [4.78, 5) is 29.8. The summed E-state index contributed by atoms with van der Waals surface area (Å²) in [6, 6.07) is 33.8. The molecule has 246 valence electrons. The molecule has 1 saturated heterocycles. The van der Waals surface area contributed by atoms with Crippen molar-refractivity contribution < 1.29 is 28.8 Å². The van der Waals surface area contributed by atoms with Gasteiger partial charge in [-0.2, -0.15) is 4.98 Å². The first-order chi connectivity index (χ1) is 23.3. The summed E-state index contributed by atoms with van der Waals surface area (Å²) in [5.74, 6) is 1.15. The molecule has 1 aromatic heterocycles. The van der Waals surface area contributed by atoms with Gasteiger partial charge in [-0.3, -0.25) is 9.36 Å². The molecule has 0 aliphatic carbocycles. The van der Waals surface area contributed by atoms with E-state index in [2.05, 4.69) is 10.3 Å². The Morgan fingerprint density at radius 1 is 0.875 bits per heavy atom. The smallest absolute Gasteiger partial charge is 0.351 e. The molecule has 0 spiro atoms. The Morgan fingerprint density at radius 3 is 2.02 bits per heavy atom. The predicted octanol–water partition coefficient (Wildman–Crippen LogP) is 5.48. The Labute approximate surface area is 278 Å². The van der Waals surface area contributed by atoms with Gasteiger partial charge in [-0.1, -0.05) is 72.3 Å². The van der Waals surface area contributed by atoms with Crippen LogP contribution in [0.1, 0.15) is 45.3 Å². The second-order valence-corrected chi connectivity index (χ2v) is 11.6. The van der Waals surface area contributed by atoms with E-state index in [9.17, 15) is 14.7 Å². The van der Waals surface area contributed by atoms with E-state index in [0.717, 1.165) is 22.3 Å². The molecular formula is C38H37N3O7. The first kappa shape index (κ1) is 32.6. The number of carbonyl (C=O) groups excluding carboxylic acids is 1. The minimum absolute atomic E-state index is 0.00249. The standard InChI is InChI=1S/C38H37N3O7/c1-25-9-11-26(12-10-25)36(43)39-34-21-22-41(37(44)40-34)35-23-32(42)33(48-35)24-47-38(27-7-5-4-6-8-27,28-13-17-30(45-2)18-14-28)29-15-19-31(46-3)20-16-29/h4-22,32-33,35,42H,23-24H2,1-3H3,(H,39,40,43,44)/t32-,33+,35+/m0/s1. The van der Waals surface area contributed by atoms with E-state index in [-0.39, 0.29) is 24.8 Å². The van der Waals surface area contributed by atoms with Crippen molar-refractivity contribution in [1.29, 1.82) is 0 Å². The topological polar surface area (TPSA) is 121 Å². The Kier molecular flexibility index (Phi) is 9.67. The molecule has 4 aromatic carbocycles. The van der Waals surface area contributed by atoms with Gasteiger partial charge in [0.15, 0.2) is 0 Å². The molecule has 10 heteroatoms. The summed E-state index contributed by atoms with van der Waals surface area (Å²) in [6.07, 6.45) is -0.827. The zero-order valence-electron chi connectivity index (χ0n) is 26.9. The van der Waals surface area contributed by atoms with Crippen LogP contribution in [0.5, 0.6) is 11.5 Å². The first-order valence-electron chi connectivity index (χ1n) is 15.6. The van der Waals surface area contributed by atoms with Gasteiger partial charge < -0.3 is 29.4 Å².